The van der Waals surface area contributed by atoms with Gasteiger partial charge in [0, 0.05) is 22.8 Å². The molecule has 0 bridgehead atoms. The summed E-state index contributed by atoms with van der Waals surface area (Å²) in [5.74, 6) is 0.147. The minimum atomic E-state index is -0.491. The SMILES string of the molecule is COC=C(C(=O)OC)c1ccccc1-c1cc(-c2ccc(-c3ccccc3)cc2)on1. The minimum Gasteiger partial charge on any atom is -0.503 e. The molecule has 4 aromatic rings. The summed E-state index contributed by atoms with van der Waals surface area (Å²) in [5.41, 5.74) is 5.50. The van der Waals surface area contributed by atoms with Gasteiger partial charge in [-0.15, -0.1) is 0 Å². The lowest BCUT2D eigenvalue weighted by Gasteiger charge is -2.09. The molecular weight excluding hydrogens is 390 g/mol. The summed E-state index contributed by atoms with van der Waals surface area (Å²) in [6.45, 7) is 0. The van der Waals surface area contributed by atoms with Gasteiger partial charge in [-0.05, 0) is 11.1 Å². The van der Waals surface area contributed by atoms with Crippen LogP contribution in [0.25, 0.3) is 39.3 Å². The zero-order valence-corrected chi connectivity index (χ0v) is 17.2. The van der Waals surface area contributed by atoms with Crippen LogP contribution in [-0.4, -0.2) is 25.3 Å². The average Bonchev–Trinajstić information content (AvgIpc) is 3.33. The number of carbonyl (C=O) groups is 1. The topological polar surface area (TPSA) is 61.6 Å². The van der Waals surface area contributed by atoms with E-state index in [0.717, 1.165) is 22.3 Å². The van der Waals surface area contributed by atoms with Crippen molar-refractivity contribution in [2.24, 2.45) is 0 Å². The van der Waals surface area contributed by atoms with Gasteiger partial charge in [-0.2, -0.15) is 0 Å². The molecule has 31 heavy (non-hydrogen) atoms. The zero-order chi connectivity index (χ0) is 21.6. The van der Waals surface area contributed by atoms with E-state index in [1.54, 1.807) is 0 Å². The van der Waals surface area contributed by atoms with Crippen molar-refractivity contribution in [3.63, 3.8) is 0 Å². The molecule has 1 aromatic heterocycles. The number of aromatic nitrogens is 1. The van der Waals surface area contributed by atoms with E-state index < -0.39 is 5.97 Å². The smallest absolute Gasteiger partial charge is 0.341 e. The lowest BCUT2D eigenvalue weighted by Crippen LogP contribution is -2.05. The minimum absolute atomic E-state index is 0.303. The largest absolute Gasteiger partial charge is 0.503 e. The third kappa shape index (κ3) is 4.26. The average molecular weight is 411 g/mol. The fourth-order valence-electron chi connectivity index (χ4n) is 3.39. The van der Waals surface area contributed by atoms with Crippen molar-refractivity contribution in [1.82, 2.24) is 5.16 Å². The van der Waals surface area contributed by atoms with Crippen molar-refractivity contribution in [1.29, 1.82) is 0 Å². The van der Waals surface area contributed by atoms with Crippen LogP contribution < -0.4 is 0 Å². The Morgan fingerprint density at radius 2 is 1.48 bits per heavy atom. The molecule has 0 unspecified atom stereocenters. The van der Waals surface area contributed by atoms with Crippen molar-refractivity contribution in [3.05, 3.63) is 96.8 Å². The number of hydrogen-bond acceptors (Lipinski definition) is 5. The summed E-state index contributed by atoms with van der Waals surface area (Å²) in [7, 11) is 2.82. The Morgan fingerprint density at radius 1 is 0.839 bits per heavy atom. The molecule has 0 atom stereocenters. The highest BCUT2D eigenvalue weighted by molar-refractivity contribution is 6.17. The van der Waals surface area contributed by atoms with Gasteiger partial charge >= 0.3 is 5.97 Å². The monoisotopic (exact) mass is 411 g/mol. The molecule has 0 radical (unpaired) electrons. The molecule has 5 nitrogen and oxygen atoms in total. The number of ether oxygens (including phenoxy) is 2. The molecule has 3 aromatic carbocycles. The molecule has 4 rings (SSSR count). The Labute approximate surface area is 180 Å². The number of benzene rings is 3. The Balaban J connectivity index is 1.67. The first-order valence-electron chi connectivity index (χ1n) is 9.75. The van der Waals surface area contributed by atoms with Gasteiger partial charge in [0.25, 0.3) is 0 Å². The normalized spacial score (nSPS) is 11.2. The van der Waals surface area contributed by atoms with Gasteiger partial charge in [0.05, 0.1) is 20.5 Å². The molecule has 0 aliphatic heterocycles. The molecule has 0 saturated carbocycles. The Bertz CT molecular complexity index is 1210. The van der Waals surface area contributed by atoms with Crippen molar-refractivity contribution >= 4 is 11.5 Å². The lowest BCUT2D eigenvalue weighted by atomic mass is 9.97. The molecule has 154 valence electrons. The van der Waals surface area contributed by atoms with Crippen LogP contribution in [0.5, 0.6) is 0 Å². The van der Waals surface area contributed by atoms with Crippen LogP contribution in [0.1, 0.15) is 5.56 Å². The van der Waals surface area contributed by atoms with E-state index in [9.17, 15) is 4.79 Å². The van der Waals surface area contributed by atoms with Crippen molar-refractivity contribution in [2.75, 3.05) is 14.2 Å². The summed E-state index contributed by atoms with van der Waals surface area (Å²) >= 11 is 0. The van der Waals surface area contributed by atoms with Crippen LogP contribution in [0, 0.1) is 0 Å². The zero-order valence-electron chi connectivity index (χ0n) is 17.2. The summed E-state index contributed by atoms with van der Waals surface area (Å²) in [6, 6.07) is 27.6. The lowest BCUT2D eigenvalue weighted by molar-refractivity contribution is -0.133. The number of nitrogens with zero attached hydrogens (tertiary/aromatic N) is 1. The maximum absolute atomic E-state index is 12.2. The molecule has 0 aliphatic carbocycles. The van der Waals surface area contributed by atoms with Gasteiger partial charge in [-0.1, -0.05) is 84.0 Å². The summed E-state index contributed by atoms with van der Waals surface area (Å²) in [5, 5.41) is 4.24. The van der Waals surface area contributed by atoms with Crippen LogP contribution in [0.2, 0.25) is 0 Å². The maximum atomic E-state index is 12.2. The number of hydrogen-bond donors (Lipinski definition) is 0. The molecule has 1 heterocycles. The van der Waals surface area contributed by atoms with E-state index in [0.29, 0.717) is 22.6 Å². The van der Waals surface area contributed by atoms with E-state index in [4.69, 9.17) is 14.0 Å². The first-order valence-corrected chi connectivity index (χ1v) is 9.75. The maximum Gasteiger partial charge on any atom is 0.341 e. The quantitative estimate of drug-likeness (QED) is 0.227. The Kier molecular flexibility index (Phi) is 5.94. The van der Waals surface area contributed by atoms with E-state index in [1.165, 1.54) is 20.5 Å². The number of esters is 1. The number of methoxy groups -OCH3 is 2. The highest BCUT2D eigenvalue weighted by Crippen LogP contribution is 2.32. The summed E-state index contributed by atoms with van der Waals surface area (Å²) in [4.78, 5) is 12.2. The van der Waals surface area contributed by atoms with Crippen molar-refractivity contribution in [3.8, 4) is 33.7 Å². The molecule has 0 N–H and O–H groups in total. The summed E-state index contributed by atoms with van der Waals surface area (Å²) < 4.78 is 15.6. The molecular formula is C26H21NO4. The first-order chi connectivity index (χ1) is 15.2. The number of rotatable bonds is 6. The van der Waals surface area contributed by atoms with Crippen molar-refractivity contribution < 1.29 is 18.8 Å². The molecule has 0 aliphatic rings. The van der Waals surface area contributed by atoms with E-state index in [1.807, 2.05) is 60.7 Å². The predicted octanol–water partition coefficient (Wildman–Crippen LogP) is 5.84. The van der Waals surface area contributed by atoms with Gasteiger partial charge in [0.1, 0.15) is 11.3 Å². The van der Waals surface area contributed by atoms with E-state index in [2.05, 4.69) is 29.4 Å². The van der Waals surface area contributed by atoms with Gasteiger partial charge < -0.3 is 14.0 Å². The Hall–Kier alpha value is -4.12. The third-order valence-corrected chi connectivity index (χ3v) is 4.92. The highest BCUT2D eigenvalue weighted by atomic mass is 16.5. The third-order valence-electron chi connectivity index (χ3n) is 4.92. The fraction of sp³-hybridized carbons (Fsp3) is 0.0769. The molecule has 5 heteroatoms. The molecule has 0 saturated heterocycles. The number of carbonyl (C=O) groups excluding carboxylic acids is 1. The second-order valence-corrected chi connectivity index (χ2v) is 6.82. The van der Waals surface area contributed by atoms with Crippen LogP contribution in [0.3, 0.4) is 0 Å². The predicted molar refractivity (Wildman–Crippen MR) is 120 cm³/mol. The van der Waals surface area contributed by atoms with Gasteiger partial charge in [-0.3, -0.25) is 0 Å². The standard InChI is InChI=1S/C26H21NO4/c1-29-17-23(26(28)30-2)21-10-6-7-11-22(21)24-16-25(31-27-24)20-14-12-19(13-15-20)18-8-4-3-5-9-18/h3-17H,1-2H3. The van der Waals surface area contributed by atoms with Gasteiger partial charge in [0.2, 0.25) is 0 Å². The summed E-state index contributed by atoms with van der Waals surface area (Å²) in [6.07, 6.45) is 1.37. The van der Waals surface area contributed by atoms with E-state index >= 15 is 0 Å². The van der Waals surface area contributed by atoms with Crippen LogP contribution in [0.15, 0.2) is 95.7 Å². The second kappa shape index (κ2) is 9.13. The fourth-order valence-corrected chi connectivity index (χ4v) is 3.39. The molecule has 0 amide bonds. The first kappa shape index (κ1) is 20.2. The van der Waals surface area contributed by atoms with E-state index in [-0.39, 0.29) is 0 Å². The van der Waals surface area contributed by atoms with Crippen LogP contribution in [0.4, 0.5) is 0 Å². The van der Waals surface area contributed by atoms with Crippen LogP contribution in [-0.2, 0) is 14.3 Å². The van der Waals surface area contributed by atoms with Gasteiger partial charge in [-0.25, -0.2) is 4.79 Å². The Morgan fingerprint density at radius 3 is 2.19 bits per heavy atom. The van der Waals surface area contributed by atoms with Gasteiger partial charge in [0.15, 0.2) is 5.76 Å². The van der Waals surface area contributed by atoms with Crippen molar-refractivity contribution in [2.45, 2.75) is 0 Å². The molecule has 0 spiro atoms. The molecule has 0 fully saturated rings. The van der Waals surface area contributed by atoms with Crippen LogP contribution >= 0.6 is 0 Å². The highest BCUT2D eigenvalue weighted by Gasteiger charge is 2.19. The second-order valence-electron chi connectivity index (χ2n) is 6.82.